The molecule has 2 aromatic rings. The fourth-order valence-electron chi connectivity index (χ4n) is 2.33. The van der Waals surface area contributed by atoms with E-state index in [4.69, 9.17) is 4.74 Å². The molecule has 0 unspecified atom stereocenters. The highest BCUT2D eigenvalue weighted by molar-refractivity contribution is 7.09. The van der Waals surface area contributed by atoms with Crippen LogP contribution in [0.25, 0.3) is 0 Å². The van der Waals surface area contributed by atoms with Crippen molar-refractivity contribution < 1.29 is 4.74 Å². The van der Waals surface area contributed by atoms with Gasteiger partial charge in [0, 0.05) is 37.7 Å². The molecule has 1 fully saturated rings. The average molecular weight is 320 g/mol. The molecular formula is C14H20N6OS. The van der Waals surface area contributed by atoms with Gasteiger partial charge in [0.2, 0.25) is 11.0 Å². The normalized spacial score (nSPS) is 15.5. The zero-order valence-electron chi connectivity index (χ0n) is 13.1. The molecule has 3 rings (SSSR count). The molecule has 118 valence electrons. The number of rotatable bonds is 4. The number of nitrogens with zero attached hydrogens (tertiary/aromatic N) is 6. The van der Waals surface area contributed by atoms with E-state index in [-0.39, 0.29) is 6.10 Å². The van der Waals surface area contributed by atoms with Gasteiger partial charge in [-0.3, -0.25) is 4.98 Å². The van der Waals surface area contributed by atoms with Crippen LogP contribution in [0.1, 0.15) is 19.7 Å². The maximum Gasteiger partial charge on any atom is 0.234 e. The molecule has 8 heteroatoms. The Morgan fingerprint density at radius 2 is 1.82 bits per heavy atom. The predicted octanol–water partition coefficient (Wildman–Crippen LogP) is 1.75. The highest BCUT2D eigenvalue weighted by atomic mass is 32.1. The van der Waals surface area contributed by atoms with Crippen LogP contribution < -0.4 is 14.5 Å². The van der Waals surface area contributed by atoms with Crippen LogP contribution in [0.15, 0.2) is 12.4 Å². The van der Waals surface area contributed by atoms with Crippen LogP contribution >= 0.6 is 11.5 Å². The minimum atomic E-state index is 0.0991. The molecule has 0 aromatic carbocycles. The predicted molar refractivity (Wildman–Crippen MR) is 86.9 cm³/mol. The van der Waals surface area contributed by atoms with Crippen molar-refractivity contribution in [2.24, 2.45) is 0 Å². The van der Waals surface area contributed by atoms with Gasteiger partial charge in [-0.2, -0.15) is 9.36 Å². The summed E-state index contributed by atoms with van der Waals surface area (Å²) in [5.74, 6) is 2.28. The van der Waals surface area contributed by atoms with Gasteiger partial charge in [0.05, 0.1) is 18.5 Å². The third-order valence-electron chi connectivity index (χ3n) is 3.35. The fourth-order valence-corrected chi connectivity index (χ4v) is 3.06. The van der Waals surface area contributed by atoms with Crippen LogP contribution in [0.4, 0.5) is 10.9 Å². The van der Waals surface area contributed by atoms with Crippen LogP contribution in [0.2, 0.25) is 0 Å². The Kier molecular flexibility index (Phi) is 4.37. The Labute approximate surface area is 134 Å². The van der Waals surface area contributed by atoms with Gasteiger partial charge in [-0.15, -0.1) is 0 Å². The molecule has 7 nitrogen and oxygen atoms in total. The number of aryl methyl sites for hydroxylation is 1. The van der Waals surface area contributed by atoms with Crippen molar-refractivity contribution >= 4 is 22.5 Å². The molecular weight excluding hydrogens is 300 g/mol. The van der Waals surface area contributed by atoms with Gasteiger partial charge in [0.15, 0.2) is 5.82 Å². The minimum Gasteiger partial charge on any atom is -0.474 e. The van der Waals surface area contributed by atoms with E-state index < -0.39 is 0 Å². The first-order chi connectivity index (χ1) is 10.6. The molecule has 22 heavy (non-hydrogen) atoms. The number of hydrogen-bond acceptors (Lipinski definition) is 8. The lowest BCUT2D eigenvalue weighted by Gasteiger charge is -2.34. The molecule has 0 bridgehead atoms. The Morgan fingerprint density at radius 1 is 1.09 bits per heavy atom. The Bertz CT molecular complexity index is 623. The average Bonchev–Trinajstić information content (AvgIpc) is 2.94. The van der Waals surface area contributed by atoms with Crippen molar-refractivity contribution in [3.63, 3.8) is 0 Å². The van der Waals surface area contributed by atoms with Crippen LogP contribution in [0.3, 0.4) is 0 Å². The monoisotopic (exact) mass is 320 g/mol. The molecule has 0 spiro atoms. The molecule has 0 atom stereocenters. The van der Waals surface area contributed by atoms with Crippen molar-refractivity contribution in [1.82, 2.24) is 19.3 Å². The Hall–Kier alpha value is -1.96. The SMILES string of the molecule is Cc1nsc(N2CCN(c3cncc(OC(C)C)n3)CC2)n1. The summed E-state index contributed by atoms with van der Waals surface area (Å²) in [6.07, 6.45) is 3.55. The zero-order chi connectivity index (χ0) is 15.5. The summed E-state index contributed by atoms with van der Waals surface area (Å²) in [4.78, 5) is 17.7. The summed E-state index contributed by atoms with van der Waals surface area (Å²) in [5.41, 5.74) is 0. The molecule has 3 heterocycles. The van der Waals surface area contributed by atoms with Crippen molar-refractivity contribution in [3.8, 4) is 5.88 Å². The largest absolute Gasteiger partial charge is 0.474 e. The summed E-state index contributed by atoms with van der Waals surface area (Å²) in [7, 11) is 0. The quantitative estimate of drug-likeness (QED) is 0.850. The molecule has 2 aromatic heterocycles. The first kappa shape index (κ1) is 15.0. The molecule has 1 aliphatic rings. The topological polar surface area (TPSA) is 67.3 Å². The van der Waals surface area contributed by atoms with Crippen LogP contribution in [-0.4, -0.2) is 51.6 Å². The molecule has 1 saturated heterocycles. The van der Waals surface area contributed by atoms with Gasteiger partial charge < -0.3 is 14.5 Å². The molecule has 1 aliphatic heterocycles. The number of piperazine rings is 1. The van der Waals surface area contributed by atoms with E-state index in [1.807, 2.05) is 20.8 Å². The van der Waals surface area contributed by atoms with E-state index in [9.17, 15) is 0 Å². The Morgan fingerprint density at radius 3 is 2.45 bits per heavy atom. The van der Waals surface area contributed by atoms with Crippen molar-refractivity contribution in [2.45, 2.75) is 26.9 Å². The second kappa shape index (κ2) is 6.43. The Balaban J connectivity index is 1.63. The highest BCUT2D eigenvalue weighted by Gasteiger charge is 2.21. The van der Waals surface area contributed by atoms with Gasteiger partial charge in [-0.05, 0) is 20.8 Å². The maximum absolute atomic E-state index is 5.61. The maximum atomic E-state index is 5.61. The van der Waals surface area contributed by atoms with E-state index in [2.05, 4.69) is 29.1 Å². The van der Waals surface area contributed by atoms with Crippen molar-refractivity contribution in [3.05, 3.63) is 18.2 Å². The van der Waals surface area contributed by atoms with Crippen molar-refractivity contribution in [1.29, 1.82) is 0 Å². The summed E-state index contributed by atoms with van der Waals surface area (Å²) in [6, 6.07) is 0. The molecule has 0 amide bonds. The first-order valence-electron chi connectivity index (χ1n) is 7.41. The number of hydrogen-bond donors (Lipinski definition) is 0. The van der Waals surface area contributed by atoms with E-state index in [0.717, 1.165) is 43.0 Å². The molecule has 0 aliphatic carbocycles. The summed E-state index contributed by atoms with van der Waals surface area (Å²) >= 11 is 1.46. The highest BCUT2D eigenvalue weighted by Crippen LogP contribution is 2.21. The van der Waals surface area contributed by atoms with Gasteiger partial charge in [0.25, 0.3) is 0 Å². The standard InChI is InChI=1S/C14H20N6OS/c1-10(2)21-13-9-15-8-12(17-13)19-4-6-20(7-5-19)14-16-11(3)18-22-14/h8-10H,4-7H2,1-3H3. The number of ether oxygens (including phenoxy) is 1. The number of aromatic nitrogens is 4. The van der Waals surface area contributed by atoms with E-state index >= 15 is 0 Å². The smallest absolute Gasteiger partial charge is 0.234 e. The van der Waals surface area contributed by atoms with Crippen LogP contribution in [-0.2, 0) is 0 Å². The van der Waals surface area contributed by atoms with Gasteiger partial charge in [0.1, 0.15) is 5.82 Å². The third kappa shape index (κ3) is 3.44. The second-order valence-corrected chi connectivity index (χ2v) is 6.21. The van der Waals surface area contributed by atoms with Crippen LogP contribution in [0, 0.1) is 6.92 Å². The number of anilines is 2. The van der Waals surface area contributed by atoms with E-state index in [0.29, 0.717) is 5.88 Å². The van der Waals surface area contributed by atoms with Gasteiger partial charge in [-0.25, -0.2) is 4.98 Å². The van der Waals surface area contributed by atoms with Gasteiger partial charge >= 0.3 is 0 Å². The van der Waals surface area contributed by atoms with Gasteiger partial charge in [-0.1, -0.05) is 0 Å². The molecule has 0 radical (unpaired) electrons. The first-order valence-corrected chi connectivity index (χ1v) is 8.18. The lowest BCUT2D eigenvalue weighted by atomic mass is 10.3. The zero-order valence-corrected chi connectivity index (χ0v) is 13.9. The van der Waals surface area contributed by atoms with E-state index in [1.165, 1.54) is 11.5 Å². The second-order valence-electron chi connectivity index (χ2n) is 5.48. The summed E-state index contributed by atoms with van der Waals surface area (Å²) in [5, 5.41) is 1.00. The molecule has 0 saturated carbocycles. The fraction of sp³-hybridized carbons (Fsp3) is 0.571. The third-order valence-corrected chi connectivity index (χ3v) is 4.22. The summed E-state index contributed by atoms with van der Waals surface area (Å²) < 4.78 is 9.86. The summed E-state index contributed by atoms with van der Waals surface area (Å²) in [6.45, 7) is 9.48. The molecule has 0 N–H and O–H groups in total. The minimum absolute atomic E-state index is 0.0991. The lowest BCUT2D eigenvalue weighted by molar-refractivity contribution is 0.231. The van der Waals surface area contributed by atoms with Crippen LogP contribution in [0.5, 0.6) is 5.88 Å². The van der Waals surface area contributed by atoms with E-state index in [1.54, 1.807) is 12.4 Å². The lowest BCUT2D eigenvalue weighted by Crippen LogP contribution is -2.46. The van der Waals surface area contributed by atoms with Crippen molar-refractivity contribution in [2.75, 3.05) is 36.0 Å².